The molecular weight excluding hydrogens is 750 g/mol. The zero-order valence-corrected chi connectivity index (χ0v) is 36.2. The van der Waals surface area contributed by atoms with Crippen molar-refractivity contribution in [1.82, 2.24) is 0 Å². The molecule has 1 rings (SSSR count). The summed E-state index contributed by atoms with van der Waals surface area (Å²) in [7, 11) is 0. The number of rotatable bonds is 49. The lowest BCUT2D eigenvalue weighted by atomic mass is 10.0. The van der Waals surface area contributed by atoms with Crippen molar-refractivity contribution in [2.75, 3.05) is 139 Å². The molecule has 14 nitrogen and oxygen atoms in total. The van der Waals surface area contributed by atoms with Crippen molar-refractivity contribution in [3.63, 3.8) is 0 Å². The van der Waals surface area contributed by atoms with Crippen LogP contribution in [0.1, 0.15) is 110 Å². The number of benzene rings is 1. The summed E-state index contributed by atoms with van der Waals surface area (Å²) in [4.78, 5) is 10.2. The first-order chi connectivity index (χ1) is 28.7. The molecule has 0 saturated heterocycles. The minimum atomic E-state index is -0.448. The first-order valence-corrected chi connectivity index (χ1v) is 22.4. The van der Waals surface area contributed by atoms with Crippen molar-refractivity contribution in [3.8, 4) is 5.75 Å². The Balaban J connectivity index is 1.62. The smallest absolute Gasteiger partial charge is 0.269 e. The largest absolute Gasteiger partial charge is 0.491 e. The van der Waals surface area contributed by atoms with Crippen LogP contribution < -0.4 is 4.74 Å². The summed E-state index contributed by atoms with van der Waals surface area (Å²) in [5, 5.41) is 10.7. The summed E-state index contributed by atoms with van der Waals surface area (Å²) in [6, 6.07) is 5.93. The van der Waals surface area contributed by atoms with Crippen molar-refractivity contribution in [2.24, 2.45) is 0 Å². The number of hydrogen-bond donors (Lipinski definition) is 0. The van der Waals surface area contributed by atoms with Gasteiger partial charge in [-0.15, -0.1) is 0 Å². The number of nitrogens with zero attached hydrogens (tertiary/aromatic N) is 1. The molecule has 1 aromatic rings. The molecule has 0 aliphatic rings. The topological polar surface area (TPSA) is 145 Å². The number of nitro benzene ring substituents is 1. The van der Waals surface area contributed by atoms with E-state index in [2.05, 4.69) is 6.92 Å². The third-order valence-electron chi connectivity index (χ3n) is 9.03. The minimum Gasteiger partial charge on any atom is -0.491 e. The number of non-ortho nitro benzene ring substituents is 1. The van der Waals surface area contributed by atoms with Gasteiger partial charge in [0.1, 0.15) is 12.4 Å². The van der Waals surface area contributed by atoms with E-state index in [9.17, 15) is 10.1 Å². The Morgan fingerprint density at radius 2 is 0.586 bits per heavy atom. The monoisotopic (exact) mass is 832 g/mol. The maximum atomic E-state index is 10.7. The maximum absolute atomic E-state index is 10.7. The van der Waals surface area contributed by atoms with Gasteiger partial charge in [-0.1, -0.05) is 103 Å². The molecule has 0 spiro atoms. The quantitative estimate of drug-likeness (QED) is 0.0352. The number of nitro groups is 1. The molecule has 0 aromatic heterocycles. The van der Waals surface area contributed by atoms with Gasteiger partial charge in [-0.2, -0.15) is 0 Å². The van der Waals surface area contributed by atoms with Gasteiger partial charge in [0.05, 0.1) is 130 Å². The van der Waals surface area contributed by atoms with Gasteiger partial charge >= 0.3 is 0 Å². The average molecular weight is 832 g/mol. The summed E-state index contributed by atoms with van der Waals surface area (Å²) >= 11 is 0. The lowest BCUT2D eigenvalue weighted by Gasteiger charge is -2.09. The first kappa shape index (κ1) is 54.0. The lowest BCUT2D eigenvalue weighted by Crippen LogP contribution is -2.15. The van der Waals surface area contributed by atoms with Crippen LogP contribution in [0.2, 0.25) is 0 Å². The Hall–Kier alpha value is -1.98. The second-order valence-electron chi connectivity index (χ2n) is 14.0. The molecule has 0 radical (unpaired) electrons. The van der Waals surface area contributed by atoms with Crippen molar-refractivity contribution in [2.45, 2.75) is 110 Å². The molecule has 14 heteroatoms. The second kappa shape index (κ2) is 46.1. The molecule has 58 heavy (non-hydrogen) atoms. The minimum absolute atomic E-state index is 0.0284. The van der Waals surface area contributed by atoms with Crippen molar-refractivity contribution in [3.05, 3.63) is 34.4 Å². The Kier molecular flexibility index (Phi) is 42.9. The van der Waals surface area contributed by atoms with E-state index in [1.807, 2.05) is 0 Å². The molecule has 0 fully saturated rings. The highest BCUT2D eigenvalue weighted by Crippen LogP contribution is 2.17. The third-order valence-corrected chi connectivity index (χ3v) is 9.03. The van der Waals surface area contributed by atoms with Gasteiger partial charge < -0.3 is 52.1 Å². The number of ether oxygens (including phenoxy) is 11. The standard InChI is InChI=1S/C44H81NO13/c1-2-3-4-5-6-7-8-9-10-11-12-13-14-15-16-17-22-48-23-24-49-25-26-50-27-28-51-29-30-52-31-32-53-33-34-54-35-36-55-37-38-56-39-40-57-41-42-58-44-20-18-43(19-21-44)45(46)47/h18-21H,2-17,22-42H2,1H3. The van der Waals surface area contributed by atoms with E-state index < -0.39 is 4.92 Å². The van der Waals surface area contributed by atoms with Crippen LogP contribution in [0.5, 0.6) is 5.75 Å². The van der Waals surface area contributed by atoms with Crippen LogP contribution in [0.4, 0.5) is 5.69 Å². The predicted octanol–water partition coefficient (Wildman–Crippen LogP) is 8.40. The van der Waals surface area contributed by atoms with Gasteiger partial charge in [-0.05, 0) is 18.6 Å². The van der Waals surface area contributed by atoms with E-state index in [4.69, 9.17) is 52.1 Å². The van der Waals surface area contributed by atoms with Crippen LogP contribution in [0.3, 0.4) is 0 Å². The third kappa shape index (κ3) is 40.8. The van der Waals surface area contributed by atoms with E-state index in [1.54, 1.807) is 12.1 Å². The van der Waals surface area contributed by atoms with Crippen LogP contribution in [0, 0.1) is 10.1 Å². The van der Waals surface area contributed by atoms with E-state index in [0.29, 0.717) is 138 Å². The molecule has 0 heterocycles. The molecule has 0 bridgehead atoms. The molecule has 340 valence electrons. The summed E-state index contributed by atoms with van der Waals surface area (Å²) in [6.07, 6.45) is 22.1. The first-order valence-electron chi connectivity index (χ1n) is 22.4. The Labute approximate surface area is 350 Å². The van der Waals surface area contributed by atoms with Crippen molar-refractivity contribution in [1.29, 1.82) is 0 Å². The number of unbranched alkanes of at least 4 members (excludes halogenated alkanes) is 15. The van der Waals surface area contributed by atoms with E-state index in [0.717, 1.165) is 13.0 Å². The predicted molar refractivity (Wildman–Crippen MR) is 226 cm³/mol. The highest BCUT2D eigenvalue weighted by Gasteiger charge is 2.04. The fourth-order valence-electron chi connectivity index (χ4n) is 5.72. The molecule has 0 amide bonds. The molecule has 0 N–H and O–H groups in total. The summed E-state index contributed by atoms with van der Waals surface area (Å²) in [6.45, 7) is 13.1. The van der Waals surface area contributed by atoms with E-state index in [1.165, 1.54) is 108 Å². The normalized spacial score (nSPS) is 11.5. The molecule has 0 aliphatic carbocycles. The zero-order valence-electron chi connectivity index (χ0n) is 36.2. The van der Waals surface area contributed by atoms with Crippen molar-refractivity contribution >= 4 is 5.69 Å². The van der Waals surface area contributed by atoms with Gasteiger partial charge in [0.25, 0.3) is 5.69 Å². The van der Waals surface area contributed by atoms with Gasteiger partial charge in [-0.3, -0.25) is 10.1 Å². The van der Waals surface area contributed by atoms with Crippen LogP contribution >= 0.6 is 0 Å². The Morgan fingerprint density at radius 3 is 0.862 bits per heavy atom. The summed E-state index contributed by atoms with van der Waals surface area (Å²) in [5.41, 5.74) is 0.0284. The average Bonchev–Trinajstić information content (AvgIpc) is 3.23. The van der Waals surface area contributed by atoms with Gasteiger partial charge in [0, 0.05) is 18.7 Å². The van der Waals surface area contributed by atoms with Crippen molar-refractivity contribution < 1.29 is 57.0 Å². The summed E-state index contributed by atoms with van der Waals surface area (Å²) < 4.78 is 60.7. The van der Waals surface area contributed by atoms with Crippen LogP contribution in [-0.4, -0.2) is 144 Å². The zero-order chi connectivity index (χ0) is 41.5. The van der Waals surface area contributed by atoms with Gasteiger partial charge in [0.2, 0.25) is 0 Å². The fraction of sp³-hybridized carbons (Fsp3) is 0.864. The van der Waals surface area contributed by atoms with Crippen LogP contribution in [0.15, 0.2) is 24.3 Å². The Morgan fingerprint density at radius 1 is 0.345 bits per heavy atom. The van der Waals surface area contributed by atoms with E-state index in [-0.39, 0.29) is 5.69 Å². The van der Waals surface area contributed by atoms with E-state index >= 15 is 0 Å². The highest BCUT2D eigenvalue weighted by atomic mass is 16.6. The van der Waals surface area contributed by atoms with Gasteiger partial charge in [-0.25, -0.2) is 0 Å². The fourth-order valence-corrected chi connectivity index (χ4v) is 5.72. The second-order valence-corrected chi connectivity index (χ2v) is 14.0. The Bertz CT molecular complexity index is 960. The molecule has 0 unspecified atom stereocenters. The lowest BCUT2D eigenvalue weighted by molar-refractivity contribution is -0.384. The molecule has 0 atom stereocenters. The summed E-state index contributed by atoms with van der Waals surface area (Å²) in [5.74, 6) is 0.559. The van der Waals surface area contributed by atoms with Gasteiger partial charge in [0.15, 0.2) is 0 Å². The molecular formula is C44H81NO13. The number of hydrogen-bond acceptors (Lipinski definition) is 13. The molecule has 0 aliphatic heterocycles. The molecule has 1 aromatic carbocycles. The molecule has 0 saturated carbocycles. The SMILES string of the molecule is CCCCCCCCCCCCCCCCCCOCCOCCOCCOCCOCCOCCOCCOCCOCCOCCOc1ccc([N+](=O)[O-])cc1. The van der Waals surface area contributed by atoms with Crippen LogP contribution in [-0.2, 0) is 47.4 Å². The highest BCUT2D eigenvalue weighted by molar-refractivity contribution is 5.35. The maximum Gasteiger partial charge on any atom is 0.269 e. The van der Waals surface area contributed by atoms with Crippen LogP contribution in [0.25, 0.3) is 0 Å².